The molecule has 0 saturated heterocycles. The summed E-state index contributed by atoms with van der Waals surface area (Å²) >= 11 is 1.17. The van der Waals surface area contributed by atoms with Crippen LogP contribution in [0.1, 0.15) is 37.8 Å². The Bertz CT molecular complexity index is 686. The molecule has 132 valence electrons. The molecule has 0 bridgehead atoms. The third-order valence-corrected chi connectivity index (χ3v) is 5.04. The highest BCUT2D eigenvalue weighted by Crippen LogP contribution is 2.20. The van der Waals surface area contributed by atoms with Gasteiger partial charge in [-0.05, 0) is 32.1 Å². The van der Waals surface area contributed by atoms with Gasteiger partial charge in [0.15, 0.2) is 0 Å². The molecule has 2 aromatic rings. The second-order valence-electron chi connectivity index (χ2n) is 5.60. The summed E-state index contributed by atoms with van der Waals surface area (Å²) in [6, 6.07) is 3.81. The van der Waals surface area contributed by atoms with Crippen molar-refractivity contribution in [3.8, 4) is 0 Å². The number of furan rings is 1. The Balaban J connectivity index is 1.91. The van der Waals surface area contributed by atoms with Gasteiger partial charge in [0.2, 0.25) is 5.91 Å². The van der Waals surface area contributed by atoms with Crippen LogP contribution in [0.2, 0.25) is 0 Å². The van der Waals surface area contributed by atoms with Gasteiger partial charge in [0, 0.05) is 30.6 Å². The molecule has 1 atom stereocenters. The van der Waals surface area contributed by atoms with Crippen LogP contribution in [0, 0.1) is 6.92 Å². The van der Waals surface area contributed by atoms with E-state index in [9.17, 15) is 9.59 Å². The van der Waals surface area contributed by atoms with Crippen LogP contribution in [-0.2, 0) is 11.3 Å². The van der Waals surface area contributed by atoms with Gasteiger partial charge in [-0.2, -0.15) is 0 Å². The SMILES string of the molecule is CCN(CC)C(CNC(=O)CCn1c(C)csc1=O)c1ccco1. The minimum absolute atomic E-state index is 0.0168. The predicted molar refractivity (Wildman–Crippen MR) is 95.3 cm³/mol. The Morgan fingerprint density at radius 2 is 2.17 bits per heavy atom. The second-order valence-corrected chi connectivity index (χ2v) is 6.42. The quantitative estimate of drug-likeness (QED) is 0.753. The van der Waals surface area contributed by atoms with E-state index in [0.29, 0.717) is 19.5 Å². The lowest BCUT2D eigenvalue weighted by Crippen LogP contribution is -2.38. The molecule has 24 heavy (non-hydrogen) atoms. The third kappa shape index (κ3) is 4.58. The molecule has 2 heterocycles. The average Bonchev–Trinajstić information content (AvgIpc) is 3.20. The van der Waals surface area contributed by atoms with Crippen molar-refractivity contribution in [1.29, 1.82) is 0 Å². The lowest BCUT2D eigenvalue weighted by molar-refractivity contribution is -0.121. The summed E-state index contributed by atoms with van der Waals surface area (Å²) in [4.78, 5) is 26.1. The number of rotatable bonds is 9. The van der Waals surface area contributed by atoms with Gasteiger partial charge in [-0.15, -0.1) is 0 Å². The van der Waals surface area contributed by atoms with Gasteiger partial charge >= 0.3 is 4.87 Å². The Morgan fingerprint density at radius 3 is 2.71 bits per heavy atom. The highest BCUT2D eigenvalue weighted by Gasteiger charge is 2.21. The summed E-state index contributed by atoms with van der Waals surface area (Å²) in [5.74, 6) is 0.792. The molecule has 7 heteroatoms. The lowest BCUT2D eigenvalue weighted by Gasteiger charge is -2.28. The molecule has 2 rings (SSSR count). The van der Waals surface area contributed by atoms with Crippen LogP contribution in [0.3, 0.4) is 0 Å². The zero-order chi connectivity index (χ0) is 17.5. The number of likely N-dealkylation sites (N-methyl/N-ethyl adjacent to an activating group) is 1. The fraction of sp³-hybridized carbons (Fsp3) is 0.529. The Morgan fingerprint density at radius 1 is 1.42 bits per heavy atom. The molecule has 0 aliphatic rings. The molecule has 0 radical (unpaired) electrons. The van der Waals surface area contributed by atoms with Crippen LogP contribution in [-0.4, -0.2) is 35.0 Å². The molecule has 0 aliphatic heterocycles. The van der Waals surface area contributed by atoms with Gasteiger partial charge in [-0.3, -0.25) is 14.5 Å². The number of nitrogens with zero attached hydrogens (tertiary/aromatic N) is 2. The van der Waals surface area contributed by atoms with E-state index in [4.69, 9.17) is 4.42 Å². The summed E-state index contributed by atoms with van der Waals surface area (Å²) in [6.45, 7) is 8.72. The second kappa shape index (κ2) is 8.84. The van der Waals surface area contributed by atoms with Crippen molar-refractivity contribution in [1.82, 2.24) is 14.8 Å². The maximum absolute atomic E-state index is 12.2. The van der Waals surface area contributed by atoms with Crippen molar-refractivity contribution in [3.05, 3.63) is 44.9 Å². The average molecular weight is 351 g/mol. The van der Waals surface area contributed by atoms with Gasteiger partial charge < -0.3 is 14.3 Å². The molecule has 0 fully saturated rings. The molecular weight excluding hydrogens is 326 g/mol. The van der Waals surface area contributed by atoms with Crippen molar-refractivity contribution < 1.29 is 9.21 Å². The largest absolute Gasteiger partial charge is 0.468 e. The summed E-state index contributed by atoms with van der Waals surface area (Å²) in [5.41, 5.74) is 0.898. The monoisotopic (exact) mass is 351 g/mol. The first kappa shape index (κ1) is 18.5. The highest BCUT2D eigenvalue weighted by molar-refractivity contribution is 7.07. The molecule has 1 amide bonds. The molecule has 0 aliphatic carbocycles. The van der Waals surface area contributed by atoms with Crippen molar-refractivity contribution in [2.45, 2.75) is 39.8 Å². The molecule has 2 aromatic heterocycles. The van der Waals surface area contributed by atoms with Crippen molar-refractivity contribution in [2.24, 2.45) is 0 Å². The summed E-state index contributed by atoms with van der Waals surface area (Å²) in [5, 5.41) is 4.78. The van der Waals surface area contributed by atoms with Crippen LogP contribution in [0.5, 0.6) is 0 Å². The standard InChI is InChI=1S/C17H25N3O3S/c1-4-19(5-2)14(15-7-6-10-23-15)11-18-16(21)8-9-20-13(3)12-24-17(20)22/h6-7,10,12,14H,4-5,8-9,11H2,1-3H3,(H,18,21). The number of amides is 1. The molecule has 1 unspecified atom stereocenters. The Hall–Kier alpha value is -1.86. The maximum Gasteiger partial charge on any atom is 0.307 e. The smallest absolute Gasteiger partial charge is 0.307 e. The van der Waals surface area contributed by atoms with Gasteiger partial charge in [0.05, 0.1) is 12.3 Å². The number of carbonyl (C=O) groups is 1. The number of aryl methyl sites for hydroxylation is 1. The minimum Gasteiger partial charge on any atom is -0.468 e. The fourth-order valence-electron chi connectivity index (χ4n) is 2.74. The molecule has 6 nitrogen and oxygen atoms in total. The van der Waals surface area contributed by atoms with E-state index in [0.717, 1.165) is 24.5 Å². The summed E-state index contributed by atoms with van der Waals surface area (Å²) in [6.07, 6.45) is 1.94. The zero-order valence-electron chi connectivity index (χ0n) is 14.4. The van der Waals surface area contributed by atoms with E-state index in [1.807, 2.05) is 24.4 Å². The lowest BCUT2D eigenvalue weighted by atomic mass is 10.2. The Kier molecular flexibility index (Phi) is 6.81. The number of hydrogen-bond acceptors (Lipinski definition) is 5. The zero-order valence-corrected chi connectivity index (χ0v) is 15.3. The van der Waals surface area contributed by atoms with Crippen molar-refractivity contribution >= 4 is 17.2 Å². The molecule has 1 N–H and O–H groups in total. The van der Waals surface area contributed by atoms with E-state index in [1.54, 1.807) is 10.8 Å². The minimum atomic E-state index is -0.0591. The van der Waals surface area contributed by atoms with Gasteiger partial charge in [-0.25, -0.2) is 0 Å². The van der Waals surface area contributed by atoms with Crippen molar-refractivity contribution in [3.63, 3.8) is 0 Å². The van der Waals surface area contributed by atoms with Crippen LogP contribution < -0.4 is 10.2 Å². The number of thiazole rings is 1. The van der Waals surface area contributed by atoms with Crippen LogP contribution in [0.15, 0.2) is 33.0 Å². The van der Waals surface area contributed by atoms with E-state index in [2.05, 4.69) is 24.1 Å². The highest BCUT2D eigenvalue weighted by atomic mass is 32.1. The first-order valence-corrected chi connectivity index (χ1v) is 9.13. The number of aromatic nitrogens is 1. The molecule has 0 spiro atoms. The number of nitrogens with one attached hydrogen (secondary N) is 1. The normalized spacial score (nSPS) is 12.5. The van der Waals surface area contributed by atoms with E-state index in [1.165, 1.54) is 11.3 Å². The summed E-state index contributed by atoms with van der Waals surface area (Å²) in [7, 11) is 0. The molecule has 0 aromatic carbocycles. The fourth-order valence-corrected chi connectivity index (χ4v) is 3.50. The van der Waals surface area contributed by atoms with Crippen LogP contribution in [0.25, 0.3) is 0 Å². The van der Waals surface area contributed by atoms with Gasteiger partial charge in [0.25, 0.3) is 0 Å². The predicted octanol–water partition coefficient (Wildman–Crippen LogP) is 2.40. The first-order chi connectivity index (χ1) is 11.6. The van der Waals surface area contributed by atoms with Crippen LogP contribution in [0.4, 0.5) is 0 Å². The van der Waals surface area contributed by atoms with E-state index >= 15 is 0 Å². The van der Waals surface area contributed by atoms with E-state index in [-0.39, 0.29) is 16.8 Å². The maximum atomic E-state index is 12.2. The first-order valence-electron chi connectivity index (χ1n) is 8.25. The molecule has 0 saturated carbocycles. The Labute approximate surface area is 146 Å². The number of hydrogen-bond donors (Lipinski definition) is 1. The third-order valence-electron chi connectivity index (χ3n) is 4.16. The molecular formula is C17H25N3O3S. The van der Waals surface area contributed by atoms with Crippen molar-refractivity contribution in [2.75, 3.05) is 19.6 Å². The van der Waals surface area contributed by atoms with Crippen LogP contribution >= 0.6 is 11.3 Å². The summed E-state index contributed by atoms with van der Waals surface area (Å²) < 4.78 is 7.16. The topological polar surface area (TPSA) is 67.5 Å². The van der Waals surface area contributed by atoms with Gasteiger partial charge in [-0.1, -0.05) is 25.2 Å². The number of carbonyl (C=O) groups excluding carboxylic acids is 1. The van der Waals surface area contributed by atoms with Gasteiger partial charge in [0.1, 0.15) is 5.76 Å². The van der Waals surface area contributed by atoms with E-state index < -0.39 is 0 Å².